The number of aromatic amines is 1. The lowest BCUT2D eigenvalue weighted by atomic mass is 10.3. The fourth-order valence-electron chi connectivity index (χ4n) is 1.97. The second-order valence-electron chi connectivity index (χ2n) is 4.87. The van der Waals surface area contributed by atoms with Gasteiger partial charge in [0.05, 0.1) is 12.7 Å². The van der Waals surface area contributed by atoms with Gasteiger partial charge in [0, 0.05) is 24.9 Å². The number of furan rings is 1. The SMILES string of the molecule is O=C(CCn1ccc(=O)[nH]c1=O)OCc1cc(-c2ccco2)on1. The van der Waals surface area contributed by atoms with Gasteiger partial charge in [0.2, 0.25) is 5.76 Å². The van der Waals surface area contributed by atoms with Crippen LogP contribution >= 0.6 is 0 Å². The smallest absolute Gasteiger partial charge is 0.328 e. The average Bonchev–Trinajstić information content (AvgIpc) is 3.23. The number of rotatable bonds is 6. The summed E-state index contributed by atoms with van der Waals surface area (Å²) in [6.45, 7) is 0.0501. The molecule has 0 amide bonds. The molecule has 0 unspecified atom stereocenters. The molecular formula is C15H13N3O6. The number of aryl methyl sites for hydroxylation is 1. The topological polar surface area (TPSA) is 120 Å². The molecule has 0 aliphatic rings. The lowest BCUT2D eigenvalue weighted by molar-refractivity contribution is -0.145. The monoisotopic (exact) mass is 331 g/mol. The van der Waals surface area contributed by atoms with Crippen LogP contribution in [0.2, 0.25) is 0 Å². The average molecular weight is 331 g/mol. The largest absolute Gasteiger partial charge is 0.461 e. The molecule has 0 radical (unpaired) electrons. The third-order valence-electron chi connectivity index (χ3n) is 3.16. The van der Waals surface area contributed by atoms with Crippen molar-refractivity contribution in [2.75, 3.05) is 0 Å². The third kappa shape index (κ3) is 3.69. The summed E-state index contributed by atoms with van der Waals surface area (Å²) in [6, 6.07) is 6.26. The van der Waals surface area contributed by atoms with E-state index in [1.165, 1.54) is 23.1 Å². The maximum Gasteiger partial charge on any atom is 0.328 e. The highest BCUT2D eigenvalue weighted by Gasteiger charge is 2.11. The molecule has 0 bridgehead atoms. The number of esters is 1. The van der Waals surface area contributed by atoms with Crippen molar-refractivity contribution in [3.05, 3.63) is 63.3 Å². The number of nitrogens with one attached hydrogen (secondary N) is 1. The maximum atomic E-state index is 11.7. The number of carbonyl (C=O) groups excluding carboxylic acids is 1. The summed E-state index contributed by atoms with van der Waals surface area (Å²) in [5, 5.41) is 3.78. The van der Waals surface area contributed by atoms with Crippen LogP contribution in [0.3, 0.4) is 0 Å². The van der Waals surface area contributed by atoms with Crippen molar-refractivity contribution in [3.63, 3.8) is 0 Å². The van der Waals surface area contributed by atoms with E-state index < -0.39 is 17.2 Å². The highest BCUT2D eigenvalue weighted by atomic mass is 16.5. The Balaban J connectivity index is 1.51. The summed E-state index contributed by atoms with van der Waals surface area (Å²) in [7, 11) is 0. The van der Waals surface area contributed by atoms with Gasteiger partial charge in [0.1, 0.15) is 12.3 Å². The number of ether oxygens (including phenoxy) is 1. The molecule has 1 N–H and O–H groups in total. The summed E-state index contributed by atoms with van der Waals surface area (Å²) in [4.78, 5) is 36.2. The molecule has 3 rings (SSSR count). The number of H-pyrrole nitrogens is 1. The molecule has 124 valence electrons. The van der Waals surface area contributed by atoms with Gasteiger partial charge >= 0.3 is 11.7 Å². The Morgan fingerprint density at radius 2 is 2.17 bits per heavy atom. The van der Waals surface area contributed by atoms with Gasteiger partial charge in [-0.15, -0.1) is 0 Å². The first-order valence-corrected chi connectivity index (χ1v) is 7.07. The highest BCUT2D eigenvalue weighted by Crippen LogP contribution is 2.20. The first-order valence-electron chi connectivity index (χ1n) is 7.07. The molecule has 0 atom stereocenters. The molecule has 9 nitrogen and oxygen atoms in total. The second-order valence-corrected chi connectivity index (χ2v) is 4.87. The van der Waals surface area contributed by atoms with Crippen LogP contribution in [0.15, 0.2) is 55.3 Å². The molecule has 0 aliphatic heterocycles. The van der Waals surface area contributed by atoms with Gasteiger partial charge in [-0.25, -0.2) is 4.79 Å². The minimum absolute atomic E-state index is 0.0190. The van der Waals surface area contributed by atoms with Gasteiger partial charge < -0.3 is 18.2 Å². The number of carbonyl (C=O) groups is 1. The molecule has 3 aromatic heterocycles. The van der Waals surface area contributed by atoms with E-state index in [-0.39, 0.29) is 19.6 Å². The zero-order valence-corrected chi connectivity index (χ0v) is 12.4. The van der Waals surface area contributed by atoms with Crippen LogP contribution in [0.5, 0.6) is 0 Å². The molecule has 0 aromatic carbocycles. The van der Waals surface area contributed by atoms with Crippen LogP contribution in [-0.2, 0) is 22.7 Å². The predicted molar refractivity (Wildman–Crippen MR) is 79.9 cm³/mol. The Hall–Kier alpha value is -3.36. The van der Waals surface area contributed by atoms with E-state index in [1.807, 2.05) is 0 Å². The van der Waals surface area contributed by atoms with Gasteiger partial charge in [0.15, 0.2) is 5.76 Å². The van der Waals surface area contributed by atoms with Gasteiger partial charge in [-0.2, -0.15) is 0 Å². The van der Waals surface area contributed by atoms with Crippen molar-refractivity contribution >= 4 is 5.97 Å². The van der Waals surface area contributed by atoms with Crippen LogP contribution in [0.25, 0.3) is 11.5 Å². The Labute approximate surface area is 134 Å². The van der Waals surface area contributed by atoms with Gasteiger partial charge in [-0.3, -0.25) is 14.6 Å². The van der Waals surface area contributed by atoms with Crippen molar-refractivity contribution < 1.29 is 18.5 Å². The first kappa shape index (κ1) is 15.5. The molecular weight excluding hydrogens is 318 g/mol. The molecule has 0 aliphatic carbocycles. The fraction of sp³-hybridized carbons (Fsp3) is 0.200. The van der Waals surface area contributed by atoms with Crippen LogP contribution in [0, 0.1) is 0 Å². The van der Waals surface area contributed by atoms with Crippen LogP contribution in [0.4, 0.5) is 0 Å². The minimum Gasteiger partial charge on any atom is -0.461 e. The third-order valence-corrected chi connectivity index (χ3v) is 3.16. The summed E-state index contributed by atoms with van der Waals surface area (Å²) in [5.41, 5.74) is -0.622. The number of hydrogen-bond acceptors (Lipinski definition) is 7. The quantitative estimate of drug-likeness (QED) is 0.667. The Kier molecular flexibility index (Phi) is 4.41. The summed E-state index contributed by atoms with van der Waals surface area (Å²) in [6.07, 6.45) is 2.81. The summed E-state index contributed by atoms with van der Waals surface area (Å²) < 4.78 is 16.5. The number of aromatic nitrogens is 3. The molecule has 24 heavy (non-hydrogen) atoms. The van der Waals surface area contributed by atoms with Crippen molar-refractivity contribution in [2.45, 2.75) is 19.6 Å². The van der Waals surface area contributed by atoms with E-state index in [0.29, 0.717) is 17.2 Å². The zero-order valence-electron chi connectivity index (χ0n) is 12.4. The Morgan fingerprint density at radius 3 is 2.92 bits per heavy atom. The van der Waals surface area contributed by atoms with Crippen LogP contribution < -0.4 is 11.2 Å². The van der Waals surface area contributed by atoms with Crippen molar-refractivity contribution in [1.29, 1.82) is 0 Å². The predicted octanol–water partition coefficient (Wildman–Crippen LogP) is 0.918. The van der Waals surface area contributed by atoms with Gasteiger partial charge in [-0.1, -0.05) is 5.16 Å². The second kappa shape index (κ2) is 6.82. The van der Waals surface area contributed by atoms with Crippen molar-refractivity contribution in [3.8, 4) is 11.5 Å². The fourth-order valence-corrected chi connectivity index (χ4v) is 1.97. The van der Waals surface area contributed by atoms with Gasteiger partial charge in [0.25, 0.3) is 5.56 Å². The van der Waals surface area contributed by atoms with Crippen molar-refractivity contribution in [2.24, 2.45) is 0 Å². The van der Waals surface area contributed by atoms with E-state index in [0.717, 1.165) is 0 Å². The number of nitrogens with zero attached hydrogens (tertiary/aromatic N) is 2. The minimum atomic E-state index is -0.574. The molecule has 3 heterocycles. The lowest BCUT2D eigenvalue weighted by Crippen LogP contribution is -2.29. The maximum absolute atomic E-state index is 11.7. The lowest BCUT2D eigenvalue weighted by Gasteiger charge is -2.04. The van der Waals surface area contributed by atoms with E-state index in [9.17, 15) is 14.4 Å². The molecule has 3 aromatic rings. The van der Waals surface area contributed by atoms with E-state index in [2.05, 4.69) is 10.1 Å². The Bertz CT molecular complexity index is 935. The highest BCUT2D eigenvalue weighted by molar-refractivity contribution is 5.69. The van der Waals surface area contributed by atoms with E-state index in [4.69, 9.17) is 13.7 Å². The molecule has 0 saturated heterocycles. The van der Waals surface area contributed by atoms with Gasteiger partial charge in [-0.05, 0) is 12.1 Å². The summed E-state index contributed by atoms with van der Waals surface area (Å²) >= 11 is 0. The molecule has 0 saturated carbocycles. The zero-order chi connectivity index (χ0) is 16.9. The van der Waals surface area contributed by atoms with E-state index >= 15 is 0 Å². The first-order chi connectivity index (χ1) is 11.6. The van der Waals surface area contributed by atoms with E-state index in [1.54, 1.807) is 18.2 Å². The number of hydrogen-bond donors (Lipinski definition) is 1. The molecule has 9 heteroatoms. The Morgan fingerprint density at radius 1 is 1.29 bits per heavy atom. The van der Waals surface area contributed by atoms with Crippen LogP contribution in [0.1, 0.15) is 12.1 Å². The van der Waals surface area contributed by atoms with Crippen molar-refractivity contribution in [1.82, 2.24) is 14.7 Å². The molecule has 0 spiro atoms. The standard InChI is InChI=1S/C15H13N3O6/c19-13-3-5-18(15(21)16-13)6-4-14(20)23-9-10-8-12(24-17-10)11-2-1-7-22-11/h1-3,5,7-8H,4,6,9H2,(H,16,19,21). The molecule has 0 fully saturated rings. The normalized spacial score (nSPS) is 10.7. The van der Waals surface area contributed by atoms with Crippen LogP contribution in [-0.4, -0.2) is 20.7 Å². The summed E-state index contributed by atoms with van der Waals surface area (Å²) in [5.74, 6) is 0.457.